The predicted octanol–water partition coefficient (Wildman–Crippen LogP) is 1.42. The van der Waals surface area contributed by atoms with Crippen molar-refractivity contribution in [1.29, 1.82) is 0 Å². The monoisotopic (exact) mass is 161 g/mol. The lowest BCUT2D eigenvalue weighted by molar-refractivity contribution is 0.627. The van der Waals surface area contributed by atoms with Crippen molar-refractivity contribution in [2.45, 2.75) is 12.8 Å². The van der Waals surface area contributed by atoms with E-state index in [1.54, 1.807) is 0 Å². The van der Waals surface area contributed by atoms with Gasteiger partial charge < -0.3 is 5.73 Å². The number of hydrogen-bond donors (Lipinski definition) is 1. The van der Waals surface area contributed by atoms with Gasteiger partial charge in [0.1, 0.15) is 0 Å². The molecule has 0 aromatic heterocycles. The van der Waals surface area contributed by atoms with Crippen LogP contribution >= 0.6 is 24.0 Å². The van der Waals surface area contributed by atoms with Crippen LogP contribution in [-0.4, -0.2) is 16.5 Å². The third-order valence-corrected chi connectivity index (χ3v) is 2.91. The van der Waals surface area contributed by atoms with Gasteiger partial charge in [0.05, 0.1) is 4.99 Å². The normalized spacial score (nSPS) is 26.4. The van der Waals surface area contributed by atoms with E-state index in [4.69, 9.17) is 18.0 Å². The van der Waals surface area contributed by atoms with E-state index in [2.05, 4.69) is 0 Å². The Morgan fingerprint density at radius 2 is 2.56 bits per heavy atom. The zero-order chi connectivity index (χ0) is 6.69. The largest absolute Gasteiger partial charge is 0.393 e. The smallest absolute Gasteiger partial charge is 0.0730 e. The van der Waals surface area contributed by atoms with Crippen molar-refractivity contribution >= 4 is 29.0 Å². The van der Waals surface area contributed by atoms with Crippen LogP contribution in [0.5, 0.6) is 0 Å². The molecule has 1 rings (SSSR count). The summed E-state index contributed by atoms with van der Waals surface area (Å²) in [7, 11) is 0. The number of nitrogens with two attached hydrogens (primary N) is 1. The van der Waals surface area contributed by atoms with Gasteiger partial charge in [-0.25, -0.2) is 0 Å². The molecule has 1 aliphatic heterocycles. The molecule has 3 heteroatoms. The lowest BCUT2D eigenvalue weighted by Crippen LogP contribution is -2.13. The quantitative estimate of drug-likeness (QED) is 0.620. The molecule has 0 radical (unpaired) electrons. The van der Waals surface area contributed by atoms with E-state index in [1.807, 2.05) is 11.8 Å². The van der Waals surface area contributed by atoms with Crippen molar-refractivity contribution in [3.63, 3.8) is 0 Å². The topological polar surface area (TPSA) is 26.0 Å². The standard InChI is InChI=1S/C6H11NS2/c7-6(8)3-5-1-2-9-4-5/h5H,1-4H2,(H2,7,8)/t5-/m1/s1. The fourth-order valence-corrected chi connectivity index (χ4v) is 2.55. The molecule has 9 heavy (non-hydrogen) atoms. The first kappa shape index (κ1) is 7.35. The van der Waals surface area contributed by atoms with Crippen LogP contribution in [0.25, 0.3) is 0 Å². The van der Waals surface area contributed by atoms with Gasteiger partial charge in [0.25, 0.3) is 0 Å². The van der Waals surface area contributed by atoms with Gasteiger partial charge in [0.2, 0.25) is 0 Å². The van der Waals surface area contributed by atoms with Crippen LogP contribution in [0.15, 0.2) is 0 Å². The number of thioether (sulfide) groups is 1. The highest BCUT2D eigenvalue weighted by molar-refractivity contribution is 7.99. The minimum absolute atomic E-state index is 0.683. The Bertz CT molecular complexity index is 108. The maximum absolute atomic E-state index is 5.39. The number of rotatable bonds is 2. The summed E-state index contributed by atoms with van der Waals surface area (Å²) < 4.78 is 0. The maximum Gasteiger partial charge on any atom is 0.0730 e. The number of hydrogen-bond acceptors (Lipinski definition) is 2. The van der Waals surface area contributed by atoms with Gasteiger partial charge in [-0.2, -0.15) is 11.8 Å². The van der Waals surface area contributed by atoms with E-state index < -0.39 is 0 Å². The average Bonchev–Trinajstić information content (AvgIpc) is 2.15. The molecule has 1 aliphatic rings. The van der Waals surface area contributed by atoms with Crippen molar-refractivity contribution in [2.75, 3.05) is 11.5 Å². The molecular weight excluding hydrogens is 150 g/mol. The molecule has 0 unspecified atom stereocenters. The Morgan fingerprint density at radius 3 is 3.00 bits per heavy atom. The molecule has 0 aromatic carbocycles. The molecule has 0 aliphatic carbocycles. The fraction of sp³-hybridized carbons (Fsp3) is 0.833. The Balaban J connectivity index is 2.19. The first-order valence-corrected chi connectivity index (χ1v) is 4.71. The summed E-state index contributed by atoms with van der Waals surface area (Å²) in [6, 6.07) is 0. The van der Waals surface area contributed by atoms with Gasteiger partial charge in [-0.05, 0) is 23.8 Å². The van der Waals surface area contributed by atoms with Crippen molar-refractivity contribution in [3.8, 4) is 0 Å². The highest BCUT2D eigenvalue weighted by atomic mass is 32.2. The van der Waals surface area contributed by atoms with Gasteiger partial charge in [-0.3, -0.25) is 0 Å². The molecule has 0 amide bonds. The van der Waals surface area contributed by atoms with E-state index in [9.17, 15) is 0 Å². The van der Waals surface area contributed by atoms with Gasteiger partial charge in [-0.1, -0.05) is 12.2 Å². The number of thiocarbonyl (C=S) groups is 1. The summed E-state index contributed by atoms with van der Waals surface area (Å²) in [6.07, 6.45) is 2.27. The van der Waals surface area contributed by atoms with Crippen LogP contribution in [0.4, 0.5) is 0 Å². The molecule has 52 valence electrons. The predicted molar refractivity (Wildman–Crippen MR) is 46.8 cm³/mol. The van der Waals surface area contributed by atoms with Gasteiger partial charge in [0, 0.05) is 6.42 Å². The maximum atomic E-state index is 5.39. The molecule has 1 nitrogen and oxygen atoms in total. The molecule has 2 N–H and O–H groups in total. The summed E-state index contributed by atoms with van der Waals surface area (Å²) in [4.78, 5) is 0.683. The SMILES string of the molecule is NC(=S)C[C@H]1CCSC1. The zero-order valence-corrected chi connectivity index (χ0v) is 6.93. The average molecular weight is 161 g/mol. The Hall–Kier alpha value is 0.240. The van der Waals surface area contributed by atoms with Gasteiger partial charge in [0.15, 0.2) is 0 Å². The van der Waals surface area contributed by atoms with E-state index in [0.29, 0.717) is 4.99 Å². The molecular formula is C6H11NS2. The second kappa shape index (κ2) is 3.42. The van der Waals surface area contributed by atoms with Crippen LogP contribution in [-0.2, 0) is 0 Å². The van der Waals surface area contributed by atoms with Gasteiger partial charge >= 0.3 is 0 Å². The van der Waals surface area contributed by atoms with Crippen LogP contribution in [0.3, 0.4) is 0 Å². The highest BCUT2D eigenvalue weighted by Crippen LogP contribution is 2.25. The zero-order valence-electron chi connectivity index (χ0n) is 5.30. The van der Waals surface area contributed by atoms with Gasteiger partial charge in [-0.15, -0.1) is 0 Å². The minimum Gasteiger partial charge on any atom is -0.393 e. The fourth-order valence-electron chi connectivity index (χ4n) is 1.03. The van der Waals surface area contributed by atoms with Crippen molar-refractivity contribution < 1.29 is 0 Å². The van der Waals surface area contributed by atoms with E-state index >= 15 is 0 Å². The van der Waals surface area contributed by atoms with E-state index in [-0.39, 0.29) is 0 Å². The molecule has 0 saturated carbocycles. The summed E-state index contributed by atoms with van der Waals surface area (Å²) in [5, 5.41) is 0. The summed E-state index contributed by atoms with van der Waals surface area (Å²) in [5.41, 5.74) is 5.39. The molecule has 0 bridgehead atoms. The third-order valence-electron chi connectivity index (χ3n) is 1.51. The van der Waals surface area contributed by atoms with E-state index in [1.165, 1.54) is 17.9 Å². The third kappa shape index (κ3) is 2.54. The molecule has 0 spiro atoms. The second-order valence-corrected chi connectivity index (χ2v) is 4.07. The summed E-state index contributed by atoms with van der Waals surface area (Å²) >= 11 is 6.81. The Kier molecular flexibility index (Phi) is 2.79. The van der Waals surface area contributed by atoms with Crippen molar-refractivity contribution in [1.82, 2.24) is 0 Å². The molecule has 1 atom stereocenters. The van der Waals surface area contributed by atoms with Crippen LogP contribution in [0, 0.1) is 5.92 Å². The molecule has 1 saturated heterocycles. The Morgan fingerprint density at radius 1 is 1.78 bits per heavy atom. The van der Waals surface area contributed by atoms with Crippen LogP contribution in [0.2, 0.25) is 0 Å². The van der Waals surface area contributed by atoms with Crippen molar-refractivity contribution in [3.05, 3.63) is 0 Å². The molecule has 0 aromatic rings. The van der Waals surface area contributed by atoms with Crippen molar-refractivity contribution in [2.24, 2.45) is 11.7 Å². The molecule has 1 fully saturated rings. The van der Waals surface area contributed by atoms with E-state index in [0.717, 1.165) is 12.3 Å². The second-order valence-electron chi connectivity index (χ2n) is 2.40. The Labute approximate surface area is 65.4 Å². The lowest BCUT2D eigenvalue weighted by atomic mass is 10.1. The van der Waals surface area contributed by atoms with Crippen LogP contribution in [0.1, 0.15) is 12.8 Å². The van der Waals surface area contributed by atoms with Crippen LogP contribution < -0.4 is 5.73 Å². The lowest BCUT2D eigenvalue weighted by Gasteiger charge is -2.03. The highest BCUT2D eigenvalue weighted by Gasteiger charge is 2.15. The minimum atomic E-state index is 0.683. The first-order chi connectivity index (χ1) is 4.29. The summed E-state index contributed by atoms with van der Waals surface area (Å²) in [6.45, 7) is 0. The molecule has 1 heterocycles. The first-order valence-electron chi connectivity index (χ1n) is 3.15. The summed E-state index contributed by atoms with van der Waals surface area (Å²) in [5.74, 6) is 3.34.